The maximum atomic E-state index is 13.0. The standard InChI is InChI=1S/C23H30N2O2S/c1-16-10-7-8-12-18(16)20(26)24-19(14-17-11-9-13-28-17)21(27)25-23(5,6)15-22(2,3)4/h7-14H,15H2,1-6H3,(H,24,26)(H,25,27)/b19-14-. The van der Waals surface area contributed by atoms with Crippen molar-refractivity contribution in [3.05, 3.63) is 63.5 Å². The van der Waals surface area contributed by atoms with Crippen LogP contribution in [-0.2, 0) is 4.79 Å². The first-order valence-electron chi connectivity index (χ1n) is 9.42. The largest absolute Gasteiger partial charge is 0.346 e. The molecule has 4 nitrogen and oxygen atoms in total. The zero-order chi connectivity index (χ0) is 20.9. The molecule has 0 radical (unpaired) electrons. The maximum Gasteiger partial charge on any atom is 0.268 e. The molecule has 1 aromatic heterocycles. The second-order valence-corrected chi connectivity index (χ2v) is 9.90. The van der Waals surface area contributed by atoms with Crippen molar-refractivity contribution in [1.29, 1.82) is 0 Å². The highest BCUT2D eigenvalue weighted by Gasteiger charge is 2.28. The summed E-state index contributed by atoms with van der Waals surface area (Å²) in [4.78, 5) is 26.7. The van der Waals surface area contributed by atoms with Gasteiger partial charge in [0.25, 0.3) is 11.8 Å². The van der Waals surface area contributed by atoms with Crippen molar-refractivity contribution in [2.24, 2.45) is 5.41 Å². The summed E-state index contributed by atoms with van der Waals surface area (Å²) in [6.45, 7) is 12.3. The fourth-order valence-electron chi connectivity index (χ4n) is 3.44. The number of hydrogen-bond donors (Lipinski definition) is 2. The number of nitrogens with one attached hydrogen (secondary N) is 2. The number of amides is 2. The normalized spacial score (nSPS) is 12.6. The highest BCUT2D eigenvalue weighted by molar-refractivity contribution is 7.10. The Bertz CT molecular complexity index is 859. The van der Waals surface area contributed by atoms with E-state index in [2.05, 4.69) is 31.4 Å². The Labute approximate surface area is 172 Å². The van der Waals surface area contributed by atoms with Crippen LogP contribution < -0.4 is 10.6 Å². The minimum atomic E-state index is -0.405. The molecule has 0 aliphatic heterocycles. The zero-order valence-electron chi connectivity index (χ0n) is 17.6. The van der Waals surface area contributed by atoms with Crippen LogP contribution in [0.5, 0.6) is 0 Å². The van der Waals surface area contributed by atoms with Gasteiger partial charge >= 0.3 is 0 Å². The quantitative estimate of drug-likeness (QED) is 0.661. The van der Waals surface area contributed by atoms with E-state index in [9.17, 15) is 9.59 Å². The lowest BCUT2D eigenvalue weighted by Crippen LogP contribution is -2.48. The Kier molecular flexibility index (Phi) is 6.83. The van der Waals surface area contributed by atoms with Crippen molar-refractivity contribution in [3.8, 4) is 0 Å². The second-order valence-electron chi connectivity index (χ2n) is 8.92. The molecule has 2 amide bonds. The number of hydrogen-bond acceptors (Lipinski definition) is 3. The fourth-order valence-corrected chi connectivity index (χ4v) is 4.09. The molecule has 0 aliphatic rings. The molecule has 0 saturated carbocycles. The minimum Gasteiger partial charge on any atom is -0.346 e. The topological polar surface area (TPSA) is 58.2 Å². The molecule has 1 heterocycles. The smallest absolute Gasteiger partial charge is 0.268 e. The third kappa shape index (κ3) is 6.64. The first kappa shape index (κ1) is 21.9. The van der Waals surface area contributed by atoms with Crippen LogP contribution in [-0.4, -0.2) is 17.4 Å². The second kappa shape index (κ2) is 8.74. The molecule has 2 N–H and O–H groups in total. The maximum absolute atomic E-state index is 13.0. The summed E-state index contributed by atoms with van der Waals surface area (Å²) >= 11 is 1.52. The predicted octanol–water partition coefficient (Wildman–Crippen LogP) is 5.16. The van der Waals surface area contributed by atoms with Crippen LogP contribution in [0.3, 0.4) is 0 Å². The van der Waals surface area contributed by atoms with E-state index in [1.165, 1.54) is 11.3 Å². The van der Waals surface area contributed by atoms with Gasteiger partial charge in [0.05, 0.1) is 0 Å². The van der Waals surface area contributed by atoms with Gasteiger partial charge in [0.15, 0.2) is 0 Å². The Balaban J connectivity index is 2.26. The molecule has 0 unspecified atom stereocenters. The Morgan fingerprint density at radius 2 is 1.71 bits per heavy atom. The fraction of sp³-hybridized carbons (Fsp3) is 0.391. The molecule has 2 aromatic rings. The van der Waals surface area contributed by atoms with Gasteiger partial charge in [0.2, 0.25) is 0 Å². The molecular weight excluding hydrogens is 368 g/mol. The number of aryl methyl sites for hydroxylation is 1. The van der Waals surface area contributed by atoms with Crippen molar-refractivity contribution in [3.63, 3.8) is 0 Å². The molecule has 0 spiro atoms. The average Bonchev–Trinajstić information content (AvgIpc) is 3.04. The molecular formula is C23H30N2O2S. The van der Waals surface area contributed by atoms with E-state index in [1.807, 2.05) is 56.5 Å². The van der Waals surface area contributed by atoms with Crippen LogP contribution in [0, 0.1) is 12.3 Å². The molecule has 150 valence electrons. The summed E-state index contributed by atoms with van der Waals surface area (Å²) in [7, 11) is 0. The monoisotopic (exact) mass is 398 g/mol. The highest BCUT2D eigenvalue weighted by atomic mass is 32.1. The third-order valence-electron chi connectivity index (χ3n) is 4.14. The van der Waals surface area contributed by atoms with Crippen molar-refractivity contribution >= 4 is 29.2 Å². The van der Waals surface area contributed by atoms with E-state index in [4.69, 9.17) is 0 Å². The number of carbonyl (C=O) groups excluding carboxylic acids is 2. The van der Waals surface area contributed by atoms with Crippen molar-refractivity contribution in [2.45, 2.75) is 53.5 Å². The van der Waals surface area contributed by atoms with Gasteiger partial charge < -0.3 is 10.6 Å². The Hall–Kier alpha value is -2.40. The van der Waals surface area contributed by atoms with Crippen LogP contribution in [0.15, 0.2) is 47.5 Å². The molecule has 2 rings (SSSR count). The lowest BCUT2D eigenvalue weighted by atomic mass is 9.82. The van der Waals surface area contributed by atoms with E-state index in [0.717, 1.165) is 16.9 Å². The summed E-state index contributed by atoms with van der Waals surface area (Å²) in [6.07, 6.45) is 2.53. The Morgan fingerprint density at radius 3 is 2.29 bits per heavy atom. The van der Waals surface area contributed by atoms with E-state index in [1.54, 1.807) is 12.1 Å². The van der Waals surface area contributed by atoms with Crippen molar-refractivity contribution < 1.29 is 9.59 Å². The lowest BCUT2D eigenvalue weighted by Gasteiger charge is -2.33. The molecule has 0 atom stereocenters. The first-order chi connectivity index (χ1) is 13.0. The zero-order valence-corrected chi connectivity index (χ0v) is 18.4. The van der Waals surface area contributed by atoms with E-state index in [0.29, 0.717) is 5.56 Å². The lowest BCUT2D eigenvalue weighted by molar-refractivity contribution is -0.119. The van der Waals surface area contributed by atoms with Crippen LogP contribution in [0.25, 0.3) is 6.08 Å². The molecule has 0 aliphatic carbocycles. The van der Waals surface area contributed by atoms with Crippen molar-refractivity contribution in [1.82, 2.24) is 10.6 Å². The van der Waals surface area contributed by atoms with Crippen LogP contribution in [0.4, 0.5) is 0 Å². The third-order valence-corrected chi connectivity index (χ3v) is 4.96. The van der Waals surface area contributed by atoms with Gasteiger partial charge in [-0.1, -0.05) is 45.0 Å². The van der Waals surface area contributed by atoms with Gasteiger partial charge in [-0.05, 0) is 61.8 Å². The number of thiophene rings is 1. The Morgan fingerprint density at radius 1 is 1.04 bits per heavy atom. The number of rotatable bonds is 6. The van der Waals surface area contributed by atoms with E-state index >= 15 is 0 Å². The molecule has 0 bridgehead atoms. The summed E-state index contributed by atoms with van der Waals surface area (Å²) in [6, 6.07) is 11.2. The first-order valence-corrected chi connectivity index (χ1v) is 10.3. The molecule has 0 fully saturated rings. The van der Waals surface area contributed by atoms with Gasteiger partial charge in [-0.25, -0.2) is 0 Å². The van der Waals surface area contributed by atoms with Crippen LogP contribution in [0.1, 0.15) is 61.8 Å². The molecule has 28 heavy (non-hydrogen) atoms. The highest BCUT2D eigenvalue weighted by Crippen LogP contribution is 2.27. The summed E-state index contributed by atoms with van der Waals surface area (Å²) < 4.78 is 0. The van der Waals surface area contributed by atoms with E-state index in [-0.39, 0.29) is 22.9 Å². The molecule has 1 aromatic carbocycles. The molecule has 0 saturated heterocycles. The van der Waals surface area contributed by atoms with Crippen LogP contribution in [0.2, 0.25) is 0 Å². The van der Waals surface area contributed by atoms with E-state index < -0.39 is 5.54 Å². The predicted molar refractivity (Wildman–Crippen MR) is 117 cm³/mol. The van der Waals surface area contributed by atoms with Crippen LogP contribution >= 0.6 is 11.3 Å². The van der Waals surface area contributed by atoms with Gasteiger partial charge in [-0.3, -0.25) is 9.59 Å². The van der Waals surface area contributed by atoms with Gasteiger partial charge in [0, 0.05) is 16.0 Å². The minimum absolute atomic E-state index is 0.0683. The summed E-state index contributed by atoms with van der Waals surface area (Å²) in [5.74, 6) is -0.575. The summed E-state index contributed by atoms with van der Waals surface area (Å²) in [5, 5.41) is 7.83. The van der Waals surface area contributed by atoms with Gasteiger partial charge in [-0.2, -0.15) is 0 Å². The SMILES string of the molecule is Cc1ccccc1C(=O)N/C(=C\c1cccs1)C(=O)NC(C)(C)CC(C)(C)C. The number of carbonyl (C=O) groups is 2. The van der Waals surface area contributed by atoms with Crippen molar-refractivity contribution in [2.75, 3.05) is 0 Å². The average molecular weight is 399 g/mol. The summed E-state index contributed by atoms with van der Waals surface area (Å²) in [5.41, 5.74) is 1.33. The van der Waals surface area contributed by atoms with Gasteiger partial charge in [-0.15, -0.1) is 11.3 Å². The number of benzene rings is 1. The van der Waals surface area contributed by atoms with Gasteiger partial charge in [0.1, 0.15) is 5.70 Å². The molecule has 5 heteroatoms.